The van der Waals surface area contributed by atoms with Gasteiger partial charge in [0.1, 0.15) is 11.0 Å². The van der Waals surface area contributed by atoms with Gasteiger partial charge in [-0.2, -0.15) is 10.1 Å². The van der Waals surface area contributed by atoms with Gasteiger partial charge < -0.3 is 9.64 Å². The Bertz CT molecular complexity index is 1670. The zero-order chi connectivity index (χ0) is 29.1. The minimum atomic E-state index is -3.98. The van der Waals surface area contributed by atoms with Crippen LogP contribution in [0, 0.1) is 13.8 Å². The van der Waals surface area contributed by atoms with Gasteiger partial charge in [-0.25, -0.2) is 18.1 Å². The van der Waals surface area contributed by atoms with E-state index < -0.39 is 10.0 Å². The molecular formula is C29H32N6O4S2. The molecule has 0 aliphatic carbocycles. The number of carbonyl (C=O) groups is 1. The van der Waals surface area contributed by atoms with Gasteiger partial charge in [0.25, 0.3) is 10.0 Å². The van der Waals surface area contributed by atoms with Gasteiger partial charge in [0.2, 0.25) is 17.7 Å². The molecule has 1 amide bonds. The van der Waals surface area contributed by atoms with Crippen molar-refractivity contribution in [1.82, 2.24) is 24.6 Å². The minimum Gasteiger partial charge on any atom is -0.472 e. The van der Waals surface area contributed by atoms with Crippen molar-refractivity contribution in [3.63, 3.8) is 0 Å². The summed E-state index contributed by atoms with van der Waals surface area (Å²) in [6.45, 7) is 4.93. The van der Waals surface area contributed by atoms with Crippen LogP contribution in [-0.2, 0) is 28.3 Å². The Hall–Kier alpha value is -3.90. The van der Waals surface area contributed by atoms with E-state index in [0.717, 1.165) is 27.1 Å². The van der Waals surface area contributed by atoms with Gasteiger partial charge in [0, 0.05) is 42.7 Å². The van der Waals surface area contributed by atoms with Crippen molar-refractivity contribution in [2.45, 2.75) is 42.6 Å². The molecule has 214 valence electrons. The summed E-state index contributed by atoms with van der Waals surface area (Å²) >= 11 is 1.65. The van der Waals surface area contributed by atoms with Crippen molar-refractivity contribution in [2.75, 3.05) is 24.1 Å². The third-order valence-corrected chi connectivity index (χ3v) is 8.94. The van der Waals surface area contributed by atoms with Gasteiger partial charge >= 0.3 is 0 Å². The molecule has 4 aromatic rings. The first-order valence-electron chi connectivity index (χ1n) is 13.2. The van der Waals surface area contributed by atoms with Gasteiger partial charge in [-0.1, -0.05) is 30.3 Å². The number of aromatic nitrogens is 4. The fourth-order valence-electron chi connectivity index (χ4n) is 4.88. The van der Waals surface area contributed by atoms with E-state index in [4.69, 9.17) is 4.74 Å². The molecule has 1 atom stereocenters. The largest absolute Gasteiger partial charge is 0.472 e. The van der Waals surface area contributed by atoms with Gasteiger partial charge in [-0.15, -0.1) is 11.8 Å². The van der Waals surface area contributed by atoms with E-state index >= 15 is 0 Å². The van der Waals surface area contributed by atoms with E-state index in [1.807, 2.05) is 62.6 Å². The molecule has 41 heavy (non-hydrogen) atoms. The van der Waals surface area contributed by atoms with E-state index in [-0.39, 0.29) is 28.7 Å². The molecule has 12 heteroatoms. The SMILES string of the molecule is CSc1cccc(CC(=O)N2CCC(Oc3cc(-c4c(C)cccc4C)nc(NS(=O)(=O)c4cnn(C)c4)n3)C2)c1. The molecule has 1 saturated heterocycles. The molecule has 1 N–H and O–H groups in total. The van der Waals surface area contributed by atoms with Gasteiger partial charge in [-0.05, 0) is 48.9 Å². The maximum absolute atomic E-state index is 13.0. The van der Waals surface area contributed by atoms with Crippen LogP contribution in [0.1, 0.15) is 23.1 Å². The lowest BCUT2D eigenvalue weighted by Crippen LogP contribution is -2.32. The smallest absolute Gasteiger partial charge is 0.267 e. The number of thioether (sulfide) groups is 1. The third kappa shape index (κ3) is 6.71. The molecule has 10 nitrogen and oxygen atoms in total. The maximum Gasteiger partial charge on any atom is 0.267 e. The van der Waals surface area contributed by atoms with Crippen molar-refractivity contribution in [1.29, 1.82) is 0 Å². The Morgan fingerprint density at radius 3 is 2.59 bits per heavy atom. The Morgan fingerprint density at radius 2 is 1.88 bits per heavy atom. The molecule has 2 aromatic heterocycles. The number of ether oxygens (including phenoxy) is 1. The molecule has 0 saturated carbocycles. The number of carbonyl (C=O) groups excluding carboxylic acids is 1. The number of amides is 1. The summed E-state index contributed by atoms with van der Waals surface area (Å²) in [5.74, 6) is 0.162. The first-order chi connectivity index (χ1) is 19.6. The molecule has 0 spiro atoms. The number of anilines is 1. The normalized spacial score (nSPS) is 15.2. The second-order valence-electron chi connectivity index (χ2n) is 10.0. The van der Waals surface area contributed by atoms with Gasteiger partial charge in [0.05, 0.1) is 24.9 Å². The lowest BCUT2D eigenvalue weighted by Gasteiger charge is -2.18. The first kappa shape index (κ1) is 28.6. The summed E-state index contributed by atoms with van der Waals surface area (Å²) in [4.78, 5) is 24.9. The number of likely N-dealkylation sites (tertiary alicyclic amines) is 1. The summed E-state index contributed by atoms with van der Waals surface area (Å²) in [5.41, 5.74) is 4.36. The monoisotopic (exact) mass is 592 g/mol. The van der Waals surface area contributed by atoms with E-state index in [1.54, 1.807) is 29.8 Å². The lowest BCUT2D eigenvalue weighted by atomic mass is 10.00. The Kier molecular flexibility index (Phi) is 8.32. The van der Waals surface area contributed by atoms with Crippen LogP contribution in [0.25, 0.3) is 11.3 Å². The number of nitrogens with one attached hydrogen (secondary N) is 1. The maximum atomic E-state index is 13.0. The van der Waals surface area contributed by atoms with Crippen LogP contribution in [0.4, 0.5) is 5.95 Å². The predicted molar refractivity (Wildman–Crippen MR) is 158 cm³/mol. The summed E-state index contributed by atoms with van der Waals surface area (Å²) in [5, 5.41) is 3.95. The van der Waals surface area contributed by atoms with Crippen LogP contribution >= 0.6 is 11.8 Å². The molecule has 3 heterocycles. The highest BCUT2D eigenvalue weighted by Gasteiger charge is 2.29. The molecule has 1 fully saturated rings. The molecule has 0 bridgehead atoms. The fraction of sp³-hybridized carbons (Fsp3) is 0.310. The number of sulfonamides is 1. The lowest BCUT2D eigenvalue weighted by molar-refractivity contribution is -0.129. The molecule has 0 radical (unpaired) electrons. The van der Waals surface area contributed by atoms with Crippen LogP contribution < -0.4 is 9.46 Å². The number of nitrogens with zero attached hydrogens (tertiary/aromatic N) is 5. The predicted octanol–water partition coefficient (Wildman–Crippen LogP) is 4.24. The van der Waals surface area contributed by atoms with Crippen molar-refractivity contribution in [2.24, 2.45) is 7.05 Å². The van der Waals surface area contributed by atoms with E-state index in [0.29, 0.717) is 31.6 Å². The number of hydrogen-bond acceptors (Lipinski definition) is 8. The van der Waals surface area contributed by atoms with Crippen molar-refractivity contribution in [3.05, 3.63) is 77.6 Å². The zero-order valence-electron chi connectivity index (χ0n) is 23.4. The van der Waals surface area contributed by atoms with Crippen molar-refractivity contribution < 1.29 is 17.9 Å². The first-order valence-corrected chi connectivity index (χ1v) is 15.9. The Morgan fingerprint density at radius 1 is 1.12 bits per heavy atom. The second kappa shape index (κ2) is 11.9. The number of benzene rings is 2. The van der Waals surface area contributed by atoms with E-state index in [2.05, 4.69) is 19.8 Å². The Balaban J connectivity index is 1.37. The highest BCUT2D eigenvalue weighted by molar-refractivity contribution is 7.98. The van der Waals surface area contributed by atoms with Crippen LogP contribution in [-0.4, -0.2) is 64.4 Å². The second-order valence-corrected chi connectivity index (χ2v) is 12.6. The molecular weight excluding hydrogens is 560 g/mol. The van der Waals surface area contributed by atoms with Crippen molar-refractivity contribution >= 4 is 33.6 Å². The molecule has 1 aliphatic rings. The topological polar surface area (TPSA) is 119 Å². The number of hydrogen-bond donors (Lipinski definition) is 1. The molecule has 5 rings (SSSR count). The van der Waals surface area contributed by atoms with Crippen LogP contribution in [0.15, 0.2) is 70.7 Å². The third-order valence-electron chi connectivity index (χ3n) is 6.93. The highest BCUT2D eigenvalue weighted by atomic mass is 32.2. The van der Waals surface area contributed by atoms with Gasteiger partial charge in [-0.3, -0.25) is 9.48 Å². The zero-order valence-corrected chi connectivity index (χ0v) is 25.0. The highest BCUT2D eigenvalue weighted by Crippen LogP contribution is 2.30. The summed E-state index contributed by atoms with van der Waals surface area (Å²) in [7, 11) is -2.34. The van der Waals surface area contributed by atoms with Crippen LogP contribution in [0.5, 0.6) is 5.88 Å². The quantitative estimate of drug-likeness (QED) is 0.287. The standard InChI is InChI=1S/C29H32N6O4S2/c1-19-7-5-8-20(2)28(19)25-15-26(32-29(31-25)33-41(37,38)24-16-30-34(3)18-24)39-22-11-12-35(17-22)27(36)14-21-9-6-10-23(13-21)40-4/h5-10,13,15-16,18,22H,11-12,14,17H2,1-4H3,(H,31,32,33). The average Bonchev–Trinajstić information content (AvgIpc) is 3.58. The summed E-state index contributed by atoms with van der Waals surface area (Å²) < 4.78 is 36.2. The molecule has 1 unspecified atom stereocenters. The number of rotatable bonds is 9. The average molecular weight is 593 g/mol. The molecule has 2 aromatic carbocycles. The fourth-order valence-corrected chi connectivity index (χ4v) is 6.30. The Labute approximate surface area is 244 Å². The minimum absolute atomic E-state index is 0.00319. The van der Waals surface area contributed by atoms with Crippen LogP contribution in [0.2, 0.25) is 0 Å². The summed E-state index contributed by atoms with van der Waals surface area (Å²) in [6, 6.07) is 15.6. The van der Waals surface area contributed by atoms with E-state index in [9.17, 15) is 13.2 Å². The van der Waals surface area contributed by atoms with Crippen molar-refractivity contribution in [3.8, 4) is 17.1 Å². The van der Waals surface area contributed by atoms with Crippen LogP contribution in [0.3, 0.4) is 0 Å². The summed E-state index contributed by atoms with van der Waals surface area (Å²) in [6.07, 6.45) is 5.34. The van der Waals surface area contributed by atoms with E-state index in [1.165, 1.54) is 17.1 Å². The number of aryl methyl sites for hydroxylation is 3. The molecule has 1 aliphatic heterocycles. The van der Waals surface area contributed by atoms with Gasteiger partial charge in [0.15, 0.2) is 0 Å².